The third kappa shape index (κ3) is 34.9. The van der Waals surface area contributed by atoms with Crippen LogP contribution in [0.5, 0.6) is 0 Å². The fraction of sp³-hybridized carbons (Fsp3) is 0.143. The molecular weight excluding hydrogens is 2560 g/mol. The summed E-state index contributed by atoms with van der Waals surface area (Å²) in [5.41, 5.74) is 32.7. The molecule has 744 valence electrons. The van der Waals surface area contributed by atoms with Gasteiger partial charge in [-0.1, -0.05) is 315 Å². The van der Waals surface area contributed by atoms with Crippen molar-refractivity contribution in [3.05, 3.63) is 484 Å². The van der Waals surface area contributed by atoms with Gasteiger partial charge in [0, 0.05) is 136 Å². The minimum Gasteiger partial charge on any atom is -0.360 e. The first kappa shape index (κ1) is 117. The summed E-state index contributed by atoms with van der Waals surface area (Å²) in [4.78, 5) is 52.0. The molecular formula is C126H121Ir4N12Si4-7. The van der Waals surface area contributed by atoms with Gasteiger partial charge in [0.1, 0.15) is 0 Å². The van der Waals surface area contributed by atoms with Gasteiger partial charge in [-0.15, -0.1) is 183 Å². The molecule has 20 aromatic rings. The molecule has 4 radical (unpaired) electrons. The second kappa shape index (κ2) is 57.2. The first-order chi connectivity index (χ1) is 68.5. The Morgan fingerprint density at radius 1 is 0.219 bits per heavy atom. The first-order valence-electron chi connectivity index (χ1n) is 47.7. The number of benzene rings is 8. The van der Waals surface area contributed by atoms with Crippen LogP contribution in [0.15, 0.2) is 408 Å². The van der Waals surface area contributed by atoms with Gasteiger partial charge < -0.3 is 44.9 Å². The zero-order valence-corrected chi connectivity index (χ0v) is 99.5. The molecule has 20 rings (SSSR count). The van der Waals surface area contributed by atoms with Crippen LogP contribution < -0.4 is 20.7 Å². The van der Waals surface area contributed by atoms with Gasteiger partial charge in [-0.2, -0.15) is 11.6 Å². The van der Waals surface area contributed by atoms with E-state index in [1.807, 2.05) is 178 Å². The Bertz CT molecular complexity index is 6490. The largest absolute Gasteiger partial charge is 0.360 e. The molecule has 0 atom stereocenters. The third-order valence-corrected chi connectivity index (χ3v) is 31.7. The van der Waals surface area contributed by atoms with E-state index in [1.165, 1.54) is 87.5 Å². The Hall–Kier alpha value is -13.0. The van der Waals surface area contributed by atoms with Crippen molar-refractivity contribution in [2.45, 2.75) is 120 Å². The van der Waals surface area contributed by atoms with E-state index in [1.54, 1.807) is 49.6 Å². The number of aryl methyl sites for hydroxylation is 6. The van der Waals surface area contributed by atoms with Gasteiger partial charge in [0.15, 0.2) is 0 Å². The van der Waals surface area contributed by atoms with Crippen LogP contribution in [0.25, 0.3) is 135 Å². The van der Waals surface area contributed by atoms with Gasteiger partial charge in [0.2, 0.25) is 0 Å². The van der Waals surface area contributed by atoms with Crippen molar-refractivity contribution in [3.8, 4) is 135 Å². The van der Waals surface area contributed by atoms with E-state index >= 15 is 0 Å². The molecule has 0 unspecified atom stereocenters. The average molecular weight is 2680 g/mol. The maximum Gasteiger partial charge on any atom is 0.0886 e. The fourth-order valence-corrected chi connectivity index (χ4v) is 22.9. The number of pyridine rings is 12. The van der Waals surface area contributed by atoms with E-state index in [4.69, 9.17) is 19.9 Å². The molecule has 146 heavy (non-hydrogen) atoms. The minimum absolute atomic E-state index is 0. The molecule has 0 fully saturated rings. The van der Waals surface area contributed by atoms with Crippen LogP contribution in [0.4, 0.5) is 0 Å². The predicted molar refractivity (Wildman–Crippen MR) is 603 cm³/mol. The molecule has 0 amide bonds. The number of hydrogen-bond acceptors (Lipinski definition) is 12. The maximum atomic E-state index is 4.71. The zero-order chi connectivity index (χ0) is 100. The molecule has 0 saturated carbocycles. The van der Waals surface area contributed by atoms with Gasteiger partial charge in [0.25, 0.3) is 0 Å². The molecule has 0 aliphatic rings. The van der Waals surface area contributed by atoms with E-state index in [0.717, 1.165) is 102 Å². The van der Waals surface area contributed by atoms with Crippen molar-refractivity contribution in [1.29, 1.82) is 0 Å². The Morgan fingerprint density at radius 3 is 0.760 bits per heavy atom. The summed E-state index contributed by atoms with van der Waals surface area (Å²) >= 11 is 0. The summed E-state index contributed by atoms with van der Waals surface area (Å²) in [5.74, 6) is 0. The van der Waals surface area contributed by atoms with Gasteiger partial charge in [-0.3, -0.25) is 15.0 Å². The molecule has 0 aliphatic carbocycles. The summed E-state index contributed by atoms with van der Waals surface area (Å²) in [6.45, 7) is 41.0. The van der Waals surface area contributed by atoms with Crippen LogP contribution in [-0.2, 0) is 80.4 Å². The number of aromatic nitrogens is 12. The Balaban J connectivity index is 0.000000188. The number of nitrogens with zero attached hydrogens (tertiary/aromatic N) is 12. The molecule has 0 aliphatic heterocycles. The van der Waals surface area contributed by atoms with E-state index in [0.29, 0.717) is 0 Å². The van der Waals surface area contributed by atoms with Crippen molar-refractivity contribution < 1.29 is 80.4 Å². The topological polar surface area (TPSA) is 155 Å². The van der Waals surface area contributed by atoms with Crippen LogP contribution in [0.1, 0.15) is 33.6 Å². The van der Waals surface area contributed by atoms with E-state index in [2.05, 4.69) is 383 Å². The Morgan fingerprint density at radius 2 is 0.507 bits per heavy atom. The van der Waals surface area contributed by atoms with Crippen molar-refractivity contribution in [2.24, 2.45) is 0 Å². The monoisotopic (exact) mass is 2690 g/mol. The summed E-state index contributed by atoms with van der Waals surface area (Å²) in [6.07, 6.45) is 25.1. The molecule has 12 nitrogen and oxygen atoms in total. The van der Waals surface area contributed by atoms with E-state index < -0.39 is 32.3 Å². The standard InChI is InChI=1S/4C21H22NSi.C12H11N2.C10H8N2.2C10H7N2.4Ir/c4*1-16-13-20(22-15-21(16)23(2,3)4)19-12-8-11-18(14-19)17-9-6-5-7-10-17;1-9-6-7-11(10(2)14-9)12-5-3-4-8-13-12;1-3-7-11-9(5-1)10-6-2-4-8-12-10;1-2-7-12-10(5-1)9-4-3-6-11-8-9;1-2-6-12-10(3-1)9-4-7-11-8-5-9;;;;/h4*5-11,13-15H,1-4H3;3-6,8H,1-2H3;1-8H;1-7H;1-4,6-8H;;;;/q5*-1;;2*-1;;;;. The van der Waals surface area contributed by atoms with Crippen LogP contribution in [0.3, 0.4) is 0 Å². The summed E-state index contributed by atoms with van der Waals surface area (Å²) in [6, 6.07) is 132. The third-order valence-electron chi connectivity index (χ3n) is 23.2. The number of rotatable bonds is 16. The number of hydrogen-bond donors (Lipinski definition) is 0. The SMILES string of the molecule is Cc1c[c-]c(-c2ccccn2)c(C)n1.Cc1cc(-c2[c-]ccc(-c3ccccc3)c2)ncc1[Si](C)(C)C.Cc1cc(-c2[c-]ccc(-c3ccccc3)c2)ncc1[Si](C)(C)C.Cc1cc(-c2[c-]ccc(-c3ccccc3)c2)ncc1[Si](C)(C)C.Cc1cc(-c2[c-]ccc(-c3ccccc3)c2)ncc1[Si](C)(C)C.[Ir].[Ir].[Ir].[Ir].[c-]1cnccc1-c1ccccn1.[c-]1ncccc1-c1ccccn1.c1ccc(-c2ccccn2)nc1. The smallest absolute Gasteiger partial charge is 0.0886 e. The van der Waals surface area contributed by atoms with E-state index in [-0.39, 0.29) is 80.4 Å². The maximum absolute atomic E-state index is 4.71. The van der Waals surface area contributed by atoms with Crippen LogP contribution in [0, 0.1) is 84.1 Å². The summed E-state index contributed by atoms with van der Waals surface area (Å²) in [5, 5.41) is 5.72. The molecule has 12 aromatic heterocycles. The Kier molecular flexibility index (Phi) is 45.7. The minimum atomic E-state index is -1.34. The van der Waals surface area contributed by atoms with Crippen LogP contribution in [-0.4, -0.2) is 92.1 Å². The molecule has 20 heteroatoms. The fourth-order valence-electron chi connectivity index (χ4n) is 16.1. The van der Waals surface area contributed by atoms with Gasteiger partial charge in [0.05, 0.1) is 43.7 Å². The second-order valence-electron chi connectivity index (χ2n) is 38.4. The zero-order valence-electron chi connectivity index (χ0n) is 85.9. The summed E-state index contributed by atoms with van der Waals surface area (Å²) in [7, 11) is -5.35. The second-order valence-corrected chi connectivity index (χ2v) is 58.5. The van der Waals surface area contributed by atoms with Crippen molar-refractivity contribution in [2.75, 3.05) is 0 Å². The first-order valence-corrected chi connectivity index (χ1v) is 61.7. The molecule has 0 spiro atoms. The van der Waals surface area contributed by atoms with Gasteiger partial charge in [-0.25, -0.2) is 0 Å². The van der Waals surface area contributed by atoms with Crippen LogP contribution in [0.2, 0.25) is 78.6 Å². The normalized spacial score (nSPS) is 10.6. The van der Waals surface area contributed by atoms with E-state index in [9.17, 15) is 0 Å². The van der Waals surface area contributed by atoms with Crippen molar-refractivity contribution >= 4 is 53.0 Å². The van der Waals surface area contributed by atoms with Gasteiger partial charge in [-0.05, 0) is 183 Å². The average Bonchev–Trinajstić information content (AvgIpc) is 0.813. The molecule has 0 bridgehead atoms. The molecule has 8 aromatic carbocycles. The molecule has 0 saturated heterocycles. The Labute approximate surface area is 923 Å². The summed E-state index contributed by atoms with van der Waals surface area (Å²) < 4.78 is 0. The van der Waals surface area contributed by atoms with Crippen LogP contribution >= 0.6 is 0 Å². The van der Waals surface area contributed by atoms with Gasteiger partial charge >= 0.3 is 0 Å². The quantitative estimate of drug-likeness (QED) is 0.0668. The van der Waals surface area contributed by atoms with Crippen molar-refractivity contribution in [3.63, 3.8) is 0 Å². The molecule has 0 N–H and O–H groups in total. The molecule has 12 heterocycles. The van der Waals surface area contributed by atoms with Crippen molar-refractivity contribution in [1.82, 2.24) is 59.8 Å². The predicted octanol–water partition coefficient (Wildman–Crippen LogP) is 28.9.